The average molecular weight is 304 g/mol. The molecule has 2 aliphatic rings. The molecular weight excluding hydrogens is 276 g/mol. The summed E-state index contributed by atoms with van der Waals surface area (Å²) in [5.74, 6) is 2.52. The second-order valence-corrected chi connectivity index (χ2v) is 6.98. The summed E-state index contributed by atoms with van der Waals surface area (Å²) < 4.78 is 5.52. The molecule has 4 heteroatoms. The molecule has 1 heterocycles. The Morgan fingerprint density at radius 2 is 1.95 bits per heavy atom. The van der Waals surface area contributed by atoms with E-state index in [2.05, 4.69) is 10.2 Å². The van der Waals surface area contributed by atoms with Gasteiger partial charge in [-0.25, -0.2) is 4.79 Å². The molecule has 2 aliphatic carbocycles. The van der Waals surface area contributed by atoms with Gasteiger partial charge < -0.3 is 14.6 Å². The van der Waals surface area contributed by atoms with Crippen molar-refractivity contribution in [3.63, 3.8) is 0 Å². The number of hydrogen-bond donors (Lipinski definition) is 1. The number of rotatable bonds is 5. The van der Waals surface area contributed by atoms with E-state index in [0.29, 0.717) is 18.5 Å². The highest BCUT2D eigenvalue weighted by molar-refractivity contribution is 5.75. The van der Waals surface area contributed by atoms with Crippen molar-refractivity contribution in [2.24, 2.45) is 5.92 Å². The summed E-state index contributed by atoms with van der Waals surface area (Å²) in [6, 6.07) is 2.60. The number of nitrogens with one attached hydrogen (secondary N) is 1. The monoisotopic (exact) mass is 304 g/mol. The summed E-state index contributed by atoms with van der Waals surface area (Å²) >= 11 is 0. The molecule has 0 saturated heterocycles. The van der Waals surface area contributed by atoms with E-state index in [0.717, 1.165) is 23.6 Å². The second-order valence-electron chi connectivity index (χ2n) is 6.98. The third kappa shape index (κ3) is 3.84. The minimum atomic E-state index is 0.103. The molecule has 0 atom stereocenters. The first-order chi connectivity index (χ1) is 10.6. The molecule has 2 fully saturated rings. The van der Waals surface area contributed by atoms with Crippen molar-refractivity contribution in [1.82, 2.24) is 10.2 Å². The molecular formula is C18H28N2O2. The maximum absolute atomic E-state index is 12.6. The molecule has 3 rings (SSSR count). The van der Waals surface area contributed by atoms with Gasteiger partial charge in [-0.3, -0.25) is 0 Å². The summed E-state index contributed by atoms with van der Waals surface area (Å²) in [6.45, 7) is 5.41. The Morgan fingerprint density at radius 1 is 1.23 bits per heavy atom. The van der Waals surface area contributed by atoms with Crippen LogP contribution in [0.5, 0.6) is 0 Å². The number of hydrogen-bond acceptors (Lipinski definition) is 2. The van der Waals surface area contributed by atoms with E-state index in [9.17, 15) is 4.79 Å². The fraction of sp³-hybridized carbons (Fsp3) is 0.722. The molecule has 1 aromatic rings. The fourth-order valence-electron chi connectivity index (χ4n) is 3.56. The Balaban J connectivity index is 1.54. The zero-order valence-corrected chi connectivity index (χ0v) is 13.9. The van der Waals surface area contributed by atoms with Crippen LogP contribution >= 0.6 is 0 Å². The van der Waals surface area contributed by atoms with E-state index in [4.69, 9.17) is 4.42 Å². The molecule has 1 aromatic heterocycles. The molecule has 2 saturated carbocycles. The first-order valence-corrected chi connectivity index (χ1v) is 8.74. The van der Waals surface area contributed by atoms with Crippen molar-refractivity contribution < 1.29 is 9.21 Å². The van der Waals surface area contributed by atoms with Crippen molar-refractivity contribution in [3.8, 4) is 0 Å². The summed E-state index contributed by atoms with van der Waals surface area (Å²) in [6.07, 6.45) is 8.95. The van der Waals surface area contributed by atoms with Crippen molar-refractivity contribution >= 4 is 6.03 Å². The lowest BCUT2D eigenvalue weighted by atomic mass is 9.89. The van der Waals surface area contributed by atoms with E-state index < -0.39 is 0 Å². The van der Waals surface area contributed by atoms with Gasteiger partial charge in [-0.1, -0.05) is 19.3 Å². The molecule has 2 amide bonds. The van der Waals surface area contributed by atoms with Gasteiger partial charge in [0.15, 0.2) is 0 Å². The quantitative estimate of drug-likeness (QED) is 0.888. The molecule has 122 valence electrons. The number of urea groups is 1. The summed E-state index contributed by atoms with van der Waals surface area (Å²) in [5, 5.41) is 3.09. The number of carbonyl (C=O) groups excluding carboxylic acids is 1. The molecule has 0 aromatic carbocycles. The predicted molar refractivity (Wildman–Crippen MR) is 86.7 cm³/mol. The van der Waals surface area contributed by atoms with Gasteiger partial charge in [-0.15, -0.1) is 0 Å². The molecule has 4 nitrogen and oxygen atoms in total. The van der Waals surface area contributed by atoms with Gasteiger partial charge in [0.05, 0.1) is 0 Å². The molecule has 0 aliphatic heterocycles. The van der Waals surface area contributed by atoms with E-state index in [1.807, 2.05) is 19.9 Å². The van der Waals surface area contributed by atoms with Crippen LogP contribution in [0.25, 0.3) is 0 Å². The number of amides is 2. The van der Waals surface area contributed by atoms with Crippen LogP contribution in [0.15, 0.2) is 10.5 Å². The van der Waals surface area contributed by atoms with Crippen LogP contribution in [0.4, 0.5) is 4.79 Å². The van der Waals surface area contributed by atoms with E-state index in [-0.39, 0.29) is 6.03 Å². The molecule has 1 N–H and O–H groups in total. The first-order valence-electron chi connectivity index (χ1n) is 8.74. The lowest BCUT2D eigenvalue weighted by Crippen LogP contribution is -2.43. The molecule has 0 unspecified atom stereocenters. The lowest BCUT2D eigenvalue weighted by Gasteiger charge is -2.30. The lowest BCUT2D eigenvalue weighted by molar-refractivity contribution is 0.174. The number of aryl methyl sites for hydroxylation is 2. The van der Waals surface area contributed by atoms with Gasteiger partial charge in [0, 0.05) is 24.7 Å². The number of furan rings is 1. The second kappa shape index (κ2) is 6.76. The minimum absolute atomic E-state index is 0.103. The van der Waals surface area contributed by atoms with Crippen LogP contribution in [0, 0.1) is 19.8 Å². The van der Waals surface area contributed by atoms with Gasteiger partial charge in [0.1, 0.15) is 11.5 Å². The maximum atomic E-state index is 12.6. The Hall–Kier alpha value is -1.45. The van der Waals surface area contributed by atoms with Gasteiger partial charge >= 0.3 is 6.03 Å². The Labute approximate surface area is 133 Å². The molecule has 0 radical (unpaired) electrons. The van der Waals surface area contributed by atoms with Crippen LogP contribution in [0.1, 0.15) is 62.0 Å². The molecule has 0 bridgehead atoms. The number of carbonyl (C=O) groups is 1. The Kier molecular flexibility index (Phi) is 4.74. The zero-order valence-electron chi connectivity index (χ0n) is 13.9. The highest BCUT2D eigenvalue weighted by Gasteiger charge is 2.34. The normalized spacial score (nSPS) is 19.2. The van der Waals surface area contributed by atoms with Crippen molar-refractivity contribution in [2.75, 3.05) is 6.54 Å². The standard InChI is InChI=1S/C18H28N2O2/c1-13-10-16(14(2)22-13)11-19-18(21)20(17-8-9-17)12-15-6-4-3-5-7-15/h10,15,17H,3-9,11-12H2,1-2H3,(H,19,21). The average Bonchev–Trinajstić information content (AvgIpc) is 3.29. The first kappa shape index (κ1) is 15.4. The van der Waals surface area contributed by atoms with E-state index in [1.165, 1.54) is 44.9 Å². The predicted octanol–water partition coefficient (Wildman–Crippen LogP) is 4.15. The summed E-state index contributed by atoms with van der Waals surface area (Å²) in [7, 11) is 0. The van der Waals surface area contributed by atoms with Gasteiger partial charge in [-0.2, -0.15) is 0 Å². The smallest absolute Gasteiger partial charge is 0.317 e. The van der Waals surface area contributed by atoms with Crippen LogP contribution in [-0.2, 0) is 6.54 Å². The summed E-state index contributed by atoms with van der Waals surface area (Å²) in [4.78, 5) is 14.7. The minimum Gasteiger partial charge on any atom is -0.466 e. The van der Waals surface area contributed by atoms with Crippen molar-refractivity contribution in [3.05, 3.63) is 23.2 Å². The molecule has 22 heavy (non-hydrogen) atoms. The highest BCUT2D eigenvalue weighted by atomic mass is 16.3. The third-order valence-corrected chi connectivity index (χ3v) is 5.00. The van der Waals surface area contributed by atoms with Gasteiger partial charge in [0.2, 0.25) is 0 Å². The van der Waals surface area contributed by atoms with E-state index >= 15 is 0 Å². The largest absolute Gasteiger partial charge is 0.466 e. The van der Waals surface area contributed by atoms with Crippen molar-refractivity contribution in [2.45, 2.75) is 71.4 Å². The Bertz CT molecular complexity index is 513. The zero-order chi connectivity index (χ0) is 15.5. The van der Waals surface area contributed by atoms with Crippen LogP contribution in [0.2, 0.25) is 0 Å². The fourth-order valence-corrected chi connectivity index (χ4v) is 3.56. The highest BCUT2D eigenvalue weighted by Crippen LogP contribution is 2.31. The summed E-state index contributed by atoms with van der Waals surface area (Å²) in [5.41, 5.74) is 1.08. The van der Waals surface area contributed by atoms with Crippen LogP contribution in [-0.4, -0.2) is 23.5 Å². The Morgan fingerprint density at radius 3 is 2.55 bits per heavy atom. The van der Waals surface area contributed by atoms with Gasteiger partial charge in [-0.05, 0) is 51.5 Å². The topological polar surface area (TPSA) is 45.5 Å². The van der Waals surface area contributed by atoms with Crippen LogP contribution < -0.4 is 5.32 Å². The molecule has 0 spiro atoms. The maximum Gasteiger partial charge on any atom is 0.317 e. The SMILES string of the molecule is Cc1cc(CNC(=O)N(CC2CCCCC2)C2CC2)c(C)o1. The van der Waals surface area contributed by atoms with E-state index in [1.54, 1.807) is 0 Å². The third-order valence-electron chi connectivity index (χ3n) is 5.00. The van der Waals surface area contributed by atoms with Gasteiger partial charge in [0.25, 0.3) is 0 Å². The van der Waals surface area contributed by atoms with Crippen LogP contribution in [0.3, 0.4) is 0 Å². The number of nitrogens with zero attached hydrogens (tertiary/aromatic N) is 1. The van der Waals surface area contributed by atoms with Crippen molar-refractivity contribution in [1.29, 1.82) is 0 Å².